The summed E-state index contributed by atoms with van der Waals surface area (Å²) in [5.41, 5.74) is 1.34. The normalized spacial score (nSPS) is 26.4. The third-order valence-electron chi connectivity index (χ3n) is 3.10. The van der Waals surface area contributed by atoms with E-state index in [1.807, 2.05) is 6.07 Å². The predicted molar refractivity (Wildman–Crippen MR) is 60.0 cm³/mol. The highest BCUT2D eigenvalue weighted by molar-refractivity contribution is 5.15. The van der Waals surface area contributed by atoms with Crippen LogP contribution in [0, 0.1) is 23.2 Å². The van der Waals surface area contributed by atoms with Gasteiger partial charge in [0.1, 0.15) is 0 Å². The number of hydrogen-bond acceptors (Lipinski definition) is 2. The molecular weight excluding hydrogens is 184 g/mol. The minimum atomic E-state index is 0.216. The molecule has 0 saturated carbocycles. The average Bonchev–Trinajstić information content (AvgIpc) is 2.60. The van der Waals surface area contributed by atoms with Crippen LogP contribution in [0.3, 0.4) is 0 Å². The maximum atomic E-state index is 8.94. The fourth-order valence-corrected chi connectivity index (χ4v) is 2.21. The van der Waals surface area contributed by atoms with Gasteiger partial charge in [-0.1, -0.05) is 37.3 Å². The second kappa shape index (κ2) is 4.46. The molecule has 1 aromatic rings. The summed E-state index contributed by atoms with van der Waals surface area (Å²) < 4.78 is 0. The molecule has 0 N–H and O–H groups in total. The number of benzene rings is 1. The molecule has 0 spiro atoms. The lowest BCUT2D eigenvalue weighted by Crippen LogP contribution is -2.20. The summed E-state index contributed by atoms with van der Waals surface area (Å²) in [6, 6.07) is 12.8. The molecule has 1 aromatic carbocycles. The van der Waals surface area contributed by atoms with Gasteiger partial charge in [-0.3, -0.25) is 4.90 Å². The lowest BCUT2D eigenvalue weighted by atomic mass is 10.0. The molecule has 2 nitrogen and oxygen atoms in total. The van der Waals surface area contributed by atoms with E-state index in [0.717, 1.165) is 19.6 Å². The molecule has 1 aliphatic heterocycles. The Morgan fingerprint density at radius 3 is 2.67 bits per heavy atom. The van der Waals surface area contributed by atoms with E-state index in [0.29, 0.717) is 5.92 Å². The molecule has 15 heavy (non-hydrogen) atoms. The minimum Gasteiger partial charge on any atom is -0.297 e. The van der Waals surface area contributed by atoms with Crippen LogP contribution in [0.1, 0.15) is 12.5 Å². The van der Waals surface area contributed by atoms with E-state index in [1.54, 1.807) is 0 Å². The van der Waals surface area contributed by atoms with Crippen LogP contribution in [0.5, 0.6) is 0 Å². The van der Waals surface area contributed by atoms with Gasteiger partial charge >= 0.3 is 0 Å². The van der Waals surface area contributed by atoms with Crippen molar-refractivity contribution in [1.82, 2.24) is 4.90 Å². The van der Waals surface area contributed by atoms with Crippen molar-refractivity contribution in [2.75, 3.05) is 13.1 Å². The van der Waals surface area contributed by atoms with E-state index in [9.17, 15) is 0 Å². The van der Waals surface area contributed by atoms with E-state index >= 15 is 0 Å². The SMILES string of the molecule is CC1CN(Cc2ccccc2)CC1C#N. The largest absolute Gasteiger partial charge is 0.297 e. The zero-order chi connectivity index (χ0) is 10.7. The maximum absolute atomic E-state index is 8.94. The van der Waals surface area contributed by atoms with E-state index in [1.165, 1.54) is 5.56 Å². The number of nitrogens with zero attached hydrogens (tertiary/aromatic N) is 2. The van der Waals surface area contributed by atoms with Gasteiger partial charge in [0.15, 0.2) is 0 Å². The van der Waals surface area contributed by atoms with Gasteiger partial charge in [-0.2, -0.15) is 5.26 Å². The molecule has 0 aliphatic carbocycles. The molecule has 0 aromatic heterocycles. The monoisotopic (exact) mass is 200 g/mol. The maximum Gasteiger partial charge on any atom is 0.0672 e. The smallest absolute Gasteiger partial charge is 0.0672 e. The van der Waals surface area contributed by atoms with Gasteiger partial charge in [0, 0.05) is 19.6 Å². The highest BCUT2D eigenvalue weighted by atomic mass is 15.1. The third kappa shape index (κ3) is 2.37. The molecule has 1 aliphatic rings. The quantitative estimate of drug-likeness (QED) is 0.732. The Kier molecular flexibility index (Phi) is 3.03. The van der Waals surface area contributed by atoms with Gasteiger partial charge in [0.25, 0.3) is 0 Å². The van der Waals surface area contributed by atoms with Gasteiger partial charge in [-0.05, 0) is 11.5 Å². The lowest BCUT2D eigenvalue weighted by Gasteiger charge is -2.14. The zero-order valence-corrected chi connectivity index (χ0v) is 9.06. The van der Waals surface area contributed by atoms with Crippen molar-refractivity contribution in [2.24, 2.45) is 11.8 Å². The van der Waals surface area contributed by atoms with Gasteiger partial charge in [0.2, 0.25) is 0 Å². The van der Waals surface area contributed by atoms with Crippen molar-refractivity contribution in [3.05, 3.63) is 35.9 Å². The van der Waals surface area contributed by atoms with Crippen LogP contribution < -0.4 is 0 Å². The van der Waals surface area contributed by atoms with Crippen molar-refractivity contribution in [1.29, 1.82) is 5.26 Å². The topological polar surface area (TPSA) is 27.0 Å². The second-order valence-corrected chi connectivity index (χ2v) is 4.39. The van der Waals surface area contributed by atoms with Gasteiger partial charge < -0.3 is 0 Å². The fourth-order valence-electron chi connectivity index (χ4n) is 2.21. The number of rotatable bonds is 2. The molecule has 1 fully saturated rings. The molecule has 2 rings (SSSR count). The first-order valence-corrected chi connectivity index (χ1v) is 5.45. The Labute approximate surface area is 91.1 Å². The summed E-state index contributed by atoms with van der Waals surface area (Å²) in [5.74, 6) is 0.729. The Bertz CT molecular complexity index is 353. The second-order valence-electron chi connectivity index (χ2n) is 4.39. The van der Waals surface area contributed by atoms with Crippen LogP contribution in [-0.4, -0.2) is 18.0 Å². The van der Waals surface area contributed by atoms with Crippen molar-refractivity contribution in [3.63, 3.8) is 0 Å². The zero-order valence-electron chi connectivity index (χ0n) is 9.06. The molecule has 2 heteroatoms. The van der Waals surface area contributed by atoms with Crippen LogP contribution in [0.4, 0.5) is 0 Å². The Hall–Kier alpha value is -1.33. The van der Waals surface area contributed by atoms with E-state index in [2.05, 4.69) is 42.2 Å². The Morgan fingerprint density at radius 2 is 2.07 bits per heavy atom. The van der Waals surface area contributed by atoms with Crippen molar-refractivity contribution < 1.29 is 0 Å². The molecule has 78 valence electrons. The number of likely N-dealkylation sites (tertiary alicyclic amines) is 1. The van der Waals surface area contributed by atoms with Gasteiger partial charge in [-0.25, -0.2) is 0 Å². The summed E-state index contributed by atoms with van der Waals surface area (Å²) in [6.45, 7) is 5.11. The molecule has 2 atom stereocenters. The Morgan fingerprint density at radius 1 is 1.33 bits per heavy atom. The van der Waals surface area contributed by atoms with Crippen LogP contribution in [0.2, 0.25) is 0 Å². The first-order valence-electron chi connectivity index (χ1n) is 5.45. The minimum absolute atomic E-state index is 0.216. The van der Waals surface area contributed by atoms with Crippen LogP contribution in [-0.2, 0) is 6.54 Å². The van der Waals surface area contributed by atoms with E-state index in [-0.39, 0.29) is 5.92 Å². The predicted octanol–water partition coefficient (Wildman–Crippen LogP) is 2.28. The first kappa shape index (κ1) is 10.2. The molecular formula is C13H16N2. The summed E-state index contributed by atoms with van der Waals surface area (Å²) >= 11 is 0. The number of hydrogen-bond donors (Lipinski definition) is 0. The molecule has 2 unspecified atom stereocenters. The summed E-state index contributed by atoms with van der Waals surface area (Å²) in [6.07, 6.45) is 0. The van der Waals surface area contributed by atoms with Crippen LogP contribution >= 0.6 is 0 Å². The molecule has 0 radical (unpaired) electrons. The van der Waals surface area contributed by atoms with E-state index in [4.69, 9.17) is 5.26 Å². The van der Waals surface area contributed by atoms with E-state index < -0.39 is 0 Å². The summed E-state index contributed by atoms with van der Waals surface area (Å²) in [7, 11) is 0. The van der Waals surface area contributed by atoms with Crippen molar-refractivity contribution in [3.8, 4) is 6.07 Å². The third-order valence-corrected chi connectivity index (χ3v) is 3.10. The molecule has 0 bridgehead atoms. The highest BCUT2D eigenvalue weighted by Crippen LogP contribution is 2.23. The van der Waals surface area contributed by atoms with Crippen LogP contribution in [0.15, 0.2) is 30.3 Å². The lowest BCUT2D eigenvalue weighted by molar-refractivity contribution is 0.318. The Balaban J connectivity index is 1.96. The standard InChI is InChI=1S/C13H16N2/c1-11-8-15(10-13(11)7-14)9-12-5-3-2-4-6-12/h2-6,11,13H,8-10H2,1H3. The highest BCUT2D eigenvalue weighted by Gasteiger charge is 2.28. The average molecular weight is 200 g/mol. The summed E-state index contributed by atoms with van der Waals surface area (Å²) in [5, 5.41) is 8.94. The van der Waals surface area contributed by atoms with Gasteiger partial charge in [-0.15, -0.1) is 0 Å². The number of nitriles is 1. The summed E-state index contributed by atoms with van der Waals surface area (Å²) in [4.78, 5) is 2.37. The van der Waals surface area contributed by atoms with Crippen molar-refractivity contribution in [2.45, 2.75) is 13.5 Å². The van der Waals surface area contributed by atoms with Gasteiger partial charge in [0.05, 0.1) is 12.0 Å². The molecule has 1 saturated heterocycles. The molecule has 0 amide bonds. The van der Waals surface area contributed by atoms with Crippen LogP contribution in [0.25, 0.3) is 0 Å². The fraction of sp³-hybridized carbons (Fsp3) is 0.462. The molecule has 1 heterocycles. The first-order chi connectivity index (χ1) is 7.29. The van der Waals surface area contributed by atoms with Crippen molar-refractivity contribution >= 4 is 0 Å².